The Balaban J connectivity index is 2.96. The standard InChI is InChI=1S/C8H10ClN/c1-10(2)8-5-3-4-7(9)6-8/h3-6H,1-2H3. The number of nitrogens with zero attached hydrogens (tertiary/aromatic N) is 1. The summed E-state index contributed by atoms with van der Waals surface area (Å²) in [6, 6.07) is 7.76. The molecule has 0 saturated carbocycles. The van der Waals surface area contributed by atoms with Crippen LogP contribution in [0.4, 0.5) is 5.69 Å². The van der Waals surface area contributed by atoms with Crippen LogP contribution in [0.2, 0.25) is 5.02 Å². The summed E-state index contributed by atoms with van der Waals surface area (Å²) < 4.78 is 0. The van der Waals surface area contributed by atoms with Crippen molar-refractivity contribution in [2.75, 3.05) is 19.0 Å². The van der Waals surface area contributed by atoms with Gasteiger partial charge >= 0.3 is 0 Å². The number of rotatable bonds is 1. The van der Waals surface area contributed by atoms with Gasteiger partial charge in [-0.2, -0.15) is 0 Å². The van der Waals surface area contributed by atoms with Crippen LogP contribution in [0.5, 0.6) is 0 Å². The van der Waals surface area contributed by atoms with E-state index < -0.39 is 0 Å². The summed E-state index contributed by atoms with van der Waals surface area (Å²) >= 11 is 5.76. The number of anilines is 1. The molecular formula is C8H10ClN. The molecule has 0 aromatic heterocycles. The first-order valence-electron chi connectivity index (χ1n) is 3.13. The maximum atomic E-state index is 5.76. The second-order valence-electron chi connectivity index (χ2n) is 2.37. The van der Waals surface area contributed by atoms with Gasteiger partial charge in [0.25, 0.3) is 0 Å². The van der Waals surface area contributed by atoms with Crippen molar-refractivity contribution in [1.82, 2.24) is 0 Å². The summed E-state index contributed by atoms with van der Waals surface area (Å²) in [7, 11) is 3.98. The van der Waals surface area contributed by atoms with Gasteiger partial charge in [0.2, 0.25) is 0 Å². The highest BCUT2D eigenvalue weighted by molar-refractivity contribution is 6.30. The fourth-order valence-corrected chi connectivity index (χ4v) is 0.939. The summed E-state index contributed by atoms with van der Waals surface area (Å²) in [6.45, 7) is 0. The number of halogens is 1. The molecule has 0 radical (unpaired) electrons. The van der Waals surface area contributed by atoms with Gasteiger partial charge in [-0.25, -0.2) is 0 Å². The van der Waals surface area contributed by atoms with E-state index in [-0.39, 0.29) is 0 Å². The Hall–Kier alpha value is -0.690. The fraction of sp³-hybridized carbons (Fsp3) is 0.250. The molecule has 0 aliphatic carbocycles. The molecule has 0 aliphatic heterocycles. The molecule has 2 heteroatoms. The van der Waals surface area contributed by atoms with Gasteiger partial charge in [0.15, 0.2) is 0 Å². The lowest BCUT2D eigenvalue weighted by Crippen LogP contribution is -2.07. The SMILES string of the molecule is CN(C)c1cccc(Cl)c1. The van der Waals surface area contributed by atoms with E-state index in [1.54, 1.807) is 0 Å². The van der Waals surface area contributed by atoms with E-state index in [0.29, 0.717) is 0 Å². The average Bonchev–Trinajstić information content (AvgIpc) is 1.88. The van der Waals surface area contributed by atoms with E-state index in [9.17, 15) is 0 Å². The lowest BCUT2D eigenvalue weighted by atomic mass is 10.3. The first-order valence-corrected chi connectivity index (χ1v) is 3.51. The lowest BCUT2D eigenvalue weighted by Gasteiger charge is -2.11. The van der Waals surface area contributed by atoms with E-state index in [2.05, 4.69) is 0 Å². The van der Waals surface area contributed by atoms with Gasteiger partial charge in [0.05, 0.1) is 0 Å². The third-order valence-electron chi connectivity index (χ3n) is 1.32. The third kappa shape index (κ3) is 1.64. The van der Waals surface area contributed by atoms with Crippen molar-refractivity contribution in [1.29, 1.82) is 0 Å². The zero-order chi connectivity index (χ0) is 7.56. The van der Waals surface area contributed by atoms with Gasteiger partial charge < -0.3 is 4.90 Å². The van der Waals surface area contributed by atoms with Crippen LogP contribution in [0.25, 0.3) is 0 Å². The third-order valence-corrected chi connectivity index (χ3v) is 1.56. The van der Waals surface area contributed by atoms with E-state index in [1.807, 2.05) is 43.3 Å². The van der Waals surface area contributed by atoms with Crippen LogP contribution >= 0.6 is 11.6 Å². The second kappa shape index (κ2) is 2.93. The van der Waals surface area contributed by atoms with Crippen LogP contribution in [0.3, 0.4) is 0 Å². The van der Waals surface area contributed by atoms with Crippen LogP contribution in [-0.4, -0.2) is 14.1 Å². The van der Waals surface area contributed by atoms with Crippen molar-refractivity contribution < 1.29 is 0 Å². The summed E-state index contributed by atoms with van der Waals surface area (Å²) in [5, 5.41) is 0.784. The molecule has 1 rings (SSSR count). The molecule has 10 heavy (non-hydrogen) atoms. The molecule has 0 amide bonds. The quantitative estimate of drug-likeness (QED) is 0.602. The largest absolute Gasteiger partial charge is 0.378 e. The Morgan fingerprint density at radius 2 is 2.00 bits per heavy atom. The number of hydrogen-bond acceptors (Lipinski definition) is 1. The van der Waals surface area contributed by atoms with Crippen LogP contribution in [0.1, 0.15) is 0 Å². The van der Waals surface area contributed by atoms with E-state index in [1.165, 1.54) is 0 Å². The summed E-state index contributed by atoms with van der Waals surface area (Å²) in [6.07, 6.45) is 0. The van der Waals surface area contributed by atoms with Gasteiger partial charge in [0.1, 0.15) is 0 Å². The highest BCUT2D eigenvalue weighted by atomic mass is 35.5. The van der Waals surface area contributed by atoms with Crippen molar-refractivity contribution >= 4 is 17.3 Å². The molecule has 0 spiro atoms. The predicted molar refractivity (Wildman–Crippen MR) is 45.8 cm³/mol. The highest BCUT2D eigenvalue weighted by Gasteiger charge is 1.93. The Bertz CT molecular complexity index is 220. The average molecular weight is 156 g/mol. The van der Waals surface area contributed by atoms with Gasteiger partial charge in [-0.1, -0.05) is 17.7 Å². The fourth-order valence-electron chi connectivity index (χ4n) is 0.754. The molecule has 0 saturated heterocycles. The van der Waals surface area contributed by atoms with Crippen molar-refractivity contribution in [3.63, 3.8) is 0 Å². The zero-order valence-electron chi connectivity index (χ0n) is 6.13. The molecule has 1 aromatic carbocycles. The molecular weight excluding hydrogens is 146 g/mol. The molecule has 54 valence electrons. The maximum absolute atomic E-state index is 5.76. The Labute approximate surface area is 66.2 Å². The van der Waals surface area contributed by atoms with Crippen LogP contribution in [-0.2, 0) is 0 Å². The molecule has 1 aromatic rings. The van der Waals surface area contributed by atoms with Gasteiger partial charge in [-0.3, -0.25) is 0 Å². The molecule has 0 heterocycles. The number of benzene rings is 1. The molecule has 1 nitrogen and oxygen atoms in total. The molecule has 0 fully saturated rings. The van der Waals surface area contributed by atoms with Crippen molar-refractivity contribution in [2.24, 2.45) is 0 Å². The minimum absolute atomic E-state index is 0.784. The van der Waals surface area contributed by atoms with E-state index >= 15 is 0 Å². The molecule has 0 bridgehead atoms. The van der Waals surface area contributed by atoms with E-state index in [4.69, 9.17) is 11.6 Å². The van der Waals surface area contributed by atoms with Crippen LogP contribution < -0.4 is 4.90 Å². The van der Waals surface area contributed by atoms with E-state index in [0.717, 1.165) is 10.7 Å². The minimum atomic E-state index is 0.784. The lowest BCUT2D eigenvalue weighted by molar-refractivity contribution is 1.13. The predicted octanol–water partition coefficient (Wildman–Crippen LogP) is 2.41. The Kier molecular flexibility index (Phi) is 2.17. The van der Waals surface area contributed by atoms with Gasteiger partial charge in [-0.15, -0.1) is 0 Å². The first-order chi connectivity index (χ1) is 4.70. The topological polar surface area (TPSA) is 3.24 Å². The van der Waals surface area contributed by atoms with Crippen molar-refractivity contribution in [2.45, 2.75) is 0 Å². The van der Waals surface area contributed by atoms with Crippen LogP contribution in [0.15, 0.2) is 24.3 Å². The minimum Gasteiger partial charge on any atom is -0.378 e. The molecule has 0 unspecified atom stereocenters. The zero-order valence-corrected chi connectivity index (χ0v) is 6.89. The van der Waals surface area contributed by atoms with Crippen molar-refractivity contribution in [3.8, 4) is 0 Å². The summed E-state index contributed by atoms with van der Waals surface area (Å²) in [5.41, 5.74) is 1.13. The molecule has 0 atom stereocenters. The normalized spacial score (nSPS) is 9.50. The Morgan fingerprint density at radius 3 is 2.40 bits per heavy atom. The maximum Gasteiger partial charge on any atom is 0.0426 e. The summed E-state index contributed by atoms with van der Waals surface area (Å²) in [4.78, 5) is 2.02. The number of hydrogen-bond donors (Lipinski definition) is 0. The van der Waals surface area contributed by atoms with Gasteiger partial charge in [-0.05, 0) is 18.2 Å². The highest BCUT2D eigenvalue weighted by Crippen LogP contribution is 2.16. The van der Waals surface area contributed by atoms with Crippen molar-refractivity contribution in [3.05, 3.63) is 29.3 Å². The smallest absolute Gasteiger partial charge is 0.0426 e. The van der Waals surface area contributed by atoms with Crippen LogP contribution in [0, 0.1) is 0 Å². The second-order valence-corrected chi connectivity index (χ2v) is 2.81. The molecule has 0 aliphatic rings. The van der Waals surface area contributed by atoms with Gasteiger partial charge in [0, 0.05) is 24.8 Å². The summed E-state index contributed by atoms with van der Waals surface area (Å²) in [5.74, 6) is 0. The monoisotopic (exact) mass is 155 g/mol. The molecule has 0 N–H and O–H groups in total. The Morgan fingerprint density at radius 1 is 1.30 bits per heavy atom. The first kappa shape index (κ1) is 7.42.